The number of ether oxygens (including phenoxy) is 1. The Morgan fingerprint density at radius 2 is 2.00 bits per heavy atom. The lowest BCUT2D eigenvalue weighted by Gasteiger charge is -2.24. The smallest absolute Gasteiger partial charge is 0.475 e. The SMILES string of the molecule is O=C(C1CNCCOC1)N1CCC(O)(CO)C1.O=C(O)C(F)(F)F. The number of β-amino-alcohol motifs (C(OH)–C–C–N with tert-alkyl or cyclic N) is 1. The minimum atomic E-state index is -5.08. The van der Waals surface area contributed by atoms with Crippen LogP contribution in [0.2, 0.25) is 0 Å². The van der Waals surface area contributed by atoms with Gasteiger partial charge in [0.25, 0.3) is 0 Å². The van der Waals surface area contributed by atoms with Gasteiger partial charge in [0.2, 0.25) is 5.91 Å². The van der Waals surface area contributed by atoms with Crippen LogP contribution >= 0.6 is 0 Å². The van der Waals surface area contributed by atoms with Gasteiger partial charge in [-0.1, -0.05) is 0 Å². The summed E-state index contributed by atoms with van der Waals surface area (Å²) >= 11 is 0. The van der Waals surface area contributed by atoms with Crippen LogP contribution in [0.3, 0.4) is 0 Å². The fraction of sp³-hybridized carbons (Fsp3) is 0.846. The van der Waals surface area contributed by atoms with E-state index in [-0.39, 0.29) is 25.0 Å². The van der Waals surface area contributed by atoms with Crippen molar-refractivity contribution in [2.24, 2.45) is 5.92 Å². The number of carboxylic acids is 1. The van der Waals surface area contributed by atoms with Gasteiger partial charge in [-0.15, -0.1) is 0 Å². The predicted molar refractivity (Wildman–Crippen MR) is 74.1 cm³/mol. The lowest BCUT2D eigenvalue weighted by molar-refractivity contribution is -0.192. The number of aliphatic carboxylic acids is 1. The molecule has 0 aromatic heterocycles. The Hall–Kier alpha value is -1.43. The summed E-state index contributed by atoms with van der Waals surface area (Å²) in [6, 6.07) is 0. The van der Waals surface area contributed by atoms with Gasteiger partial charge < -0.3 is 30.3 Å². The molecule has 0 saturated carbocycles. The summed E-state index contributed by atoms with van der Waals surface area (Å²) in [5.41, 5.74) is -1.12. The van der Waals surface area contributed by atoms with Gasteiger partial charge in [-0.25, -0.2) is 4.79 Å². The van der Waals surface area contributed by atoms with Crippen molar-refractivity contribution in [3.8, 4) is 0 Å². The Morgan fingerprint density at radius 1 is 1.38 bits per heavy atom. The maximum atomic E-state index is 12.2. The molecule has 11 heteroatoms. The van der Waals surface area contributed by atoms with E-state index >= 15 is 0 Å². The maximum absolute atomic E-state index is 12.2. The largest absolute Gasteiger partial charge is 0.490 e. The van der Waals surface area contributed by atoms with Crippen molar-refractivity contribution < 1.29 is 42.8 Å². The highest BCUT2D eigenvalue weighted by molar-refractivity contribution is 5.79. The quantitative estimate of drug-likeness (QED) is 0.490. The van der Waals surface area contributed by atoms with E-state index in [2.05, 4.69) is 5.32 Å². The number of halogens is 3. The Morgan fingerprint density at radius 3 is 2.50 bits per heavy atom. The van der Waals surface area contributed by atoms with Crippen molar-refractivity contribution in [1.82, 2.24) is 10.2 Å². The zero-order valence-corrected chi connectivity index (χ0v) is 12.9. The van der Waals surface area contributed by atoms with Gasteiger partial charge in [0.1, 0.15) is 5.60 Å². The molecule has 2 atom stereocenters. The summed E-state index contributed by atoms with van der Waals surface area (Å²) in [5, 5.41) is 29.2. The van der Waals surface area contributed by atoms with Gasteiger partial charge in [-0.2, -0.15) is 13.2 Å². The molecule has 2 saturated heterocycles. The van der Waals surface area contributed by atoms with Gasteiger partial charge in [-0.3, -0.25) is 4.79 Å². The zero-order valence-electron chi connectivity index (χ0n) is 12.9. The molecule has 1 amide bonds. The van der Waals surface area contributed by atoms with Crippen LogP contribution in [0.1, 0.15) is 6.42 Å². The highest BCUT2D eigenvalue weighted by atomic mass is 19.4. The summed E-state index contributed by atoms with van der Waals surface area (Å²) in [6.45, 7) is 2.88. The minimum Gasteiger partial charge on any atom is -0.475 e. The molecule has 0 aliphatic carbocycles. The van der Waals surface area contributed by atoms with E-state index in [1.165, 1.54) is 0 Å². The molecule has 140 valence electrons. The number of rotatable bonds is 2. The molecule has 8 nitrogen and oxygen atoms in total. The molecule has 2 aliphatic heterocycles. The number of carbonyl (C=O) groups is 2. The van der Waals surface area contributed by atoms with Gasteiger partial charge >= 0.3 is 12.1 Å². The first-order valence-electron chi connectivity index (χ1n) is 7.29. The monoisotopic (exact) mass is 358 g/mol. The number of likely N-dealkylation sites (tertiary alicyclic amines) is 1. The molecule has 0 aromatic carbocycles. The maximum Gasteiger partial charge on any atom is 0.490 e. The van der Waals surface area contributed by atoms with Crippen LogP contribution in [0.25, 0.3) is 0 Å². The average molecular weight is 358 g/mol. The highest BCUT2D eigenvalue weighted by Gasteiger charge is 2.39. The van der Waals surface area contributed by atoms with Gasteiger partial charge in [0, 0.05) is 19.6 Å². The molecule has 2 fully saturated rings. The molecule has 2 unspecified atom stereocenters. The van der Waals surface area contributed by atoms with Crippen molar-refractivity contribution in [3.05, 3.63) is 0 Å². The fourth-order valence-electron chi connectivity index (χ4n) is 2.30. The second-order valence-corrected chi connectivity index (χ2v) is 5.67. The van der Waals surface area contributed by atoms with E-state index in [0.717, 1.165) is 6.54 Å². The van der Waals surface area contributed by atoms with Crippen molar-refractivity contribution in [3.63, 3.8) is 0 Å². The van der Waals surface area contributed by atoms with Gasteiger partial charge in [0.05, 0.1) is 32.3 Å². The molecule has 24 heavy (non-hydrogen) atoms. The van der Waals surface area contributed by atoms with E-state index in [1.807, 2.05) is 0 Å². The first kappa shape index (κ1) is 20.6. The second kappa shape index (κ2) is 8.60. The molecule has 0 radical (unpaired) electrons. The lowest BCUT2D eigenvalue weighted by Crippen LogP contribution is -2.43. The van der Waals surface area contributed by atoms with E-state index in [4.69, 9.17) is 19.7 Å². The number of nitrogens with zero attached hydrogens (tertiary/aromatic N) is 1. The van der Waals surface area contributed by atoms with Crippen molar-refractivity contribution in [1.29, 1.82) is 0 Å². The number of aliphatic hydroxyl groups is 2. The molecule has 2 rings (SSSR count). The molecule has 0 bridgehead atoms. The number of aliphatic hydroxyl groups excluding tert-OH is 1. The van der Waals surface area contributed by atoms with Crippen LogP contribution in [-0.4, -0.2) is 89.9 Å². The highest BCUT2D eigenvalue weighted by Crippen LogP contribution is 2.22. The molecule has 0 aromatic rings. The molecule has 2 aliphatic rings. The van der Waals surface area contributed by atoms with Crippen LogP contribution in [0.15, 0.2) is 0 Å². The number of carboxylic acid groups (broad SMARTS) is 1. The first-order valence-corrected chi connectivity index (χ1v) is 7.29. The molecular weight excluding hydrogens is 337 g/mol. The van der Waals surface area contributed by atoms with E-state index in [1.54, 1.807) is 4.90 Å². The van der Waals surface area contributed by atoms with E-state index in [0.29, 0.717) is 32.7 Å². The summed E-state index contributed by atoms with van der Waals surface area (Å²) in [6.07, 6.45) is -4.64. The summed E-state index contributed by atoms with van der Waals surface area (Å²) in [4.78, 5) is 22.7. The van der Waals surface area contributed by atoms with Crippen LogP contribution in [0.5, 0.6) is 0 Å². The number of alkyl halides is 3. The number of carbonyl (C=O) groups excluding carboxylic acids is 1. The number of hydrogen-bond donors (Lipinski definition) is 4. The van der Waals surface area contributed by atoms with Gasteiger partial charge in [-0.05, 0) is 6.42 Å². The molecule has 0 spiro atoms. The fourth-order valence-corrected chi connectivity index (χ4v) is 2.30. The third kappa shape index (κ3) is 6.23. The topological polar surface area (TPSA) is 119 Å². The minimum absolute atomic E-state index is 0.00350. The van der Waals surface area contributed by atoms with E-state index < -0.39 is 17.7 Å². The van der Waals surface area contributed by atoms with Crippen molar-refractivity contribution in [2.75, 3.05) is 46.0 Å². The first-order chi connectivity index (χ1) is 11.1. The number of amides is 1. The van der Waals surface area contributed by atoms with Crippen LogP contribution in [0, 0.1) is 5.92 Å². The number of nitrogens with one attached hydrogen (secondary N) is 1. The Bertz CT molecular complexity index is 440. The van der Waals surface area contributed by atoms with Crippen LogP contribution in [-0.2, 0) is 14.3 Å². The summed E-state index contributed by atoms with van der Waals surface area (Å²) in [7, 11) is 0. The zero-order chi connectivity index (χ0) is 18.4. The Kier molecular flexibility index (Phi) is 7.39. The number of hydrogen-bond acceptors (Lipinski definition) is 6. The lowest BCUT2D eigenvalue weighted by atomic mass is 10.1. The van der Waals surface area contributed by atoms with E-state index in [9.17, 15) is 23.1 Å². The predicted octanol–water partition coefficient (Wildman–Crippen LogP) is -1.19. The normalized spacial score (nSPS) is 27.9. The average Bonchev–Trinajstić information content (AvgIpc) is 2.73. The summed E-state index contributed by atoms with van der Waals surface area (Å²) in [5.74, 6) is -2.94. The Balaban J connectivity index is 0.000000351. The van der Waals surface area contributed by atoms with Crippen molar-refractivity contribution in [2.45, 2.75) is 18.2 Å². The summed E-state index contributed by atoms with van der Waals surface area (Å²) < 4.78 is 37.1. The Labute approximate surface area is 136 Å². The third-order valence-electron chi connectivity index (χ3n) is 3.66. The second-order valence-electron chi connectivity index (χ2n) is 5.67. The van der Waals surface area contributed by atoms with Crippen LogP contribution < -0.4 is 5.32 Å². The third-order valence-corrected chi connectivity index (χ3v) is 3.66. The van der Waals surface area contributed by atoms with Crippen molar-refractivity contribution >= 4 is 11.9 Å². The molecule has 4 N–H and O–H groups in total. The molecule has 2 heterocycles. The standard InChI is InChI=1S/C11H20N2O4.C2HF3O2/c14-8-11(16)1-3-13(7-11)10(15)9-5-12-2-4-17-6-9;3-2(4,5)1(6)7/h9,12,14,16H,1-8H2;(H,6,7). The van der Waals surface area contributed by atoms with Crippen LogP contribution in [0.4, 0.5) is 13.2 Å². The van der Waals surface area contributed by atoms with Gasteiger partial charge in [0.15, 0.2) is 0 Å². The molecular formula is C13H21F3N2O6.